The number of nitrogens with two attached hydrogens (primary N) is 2. The number of nitrogens with zero attached hydrogens (tertiary/aromatic N) is 3. The molecular formula is C14H13F3N6. The lowest BCUT2D eigenvalue weighted by molar-refractivity contribution is -0.137. The fraction of sp³-hybridized carbons (Fsp3) is 0.143. The predicted molar refractivity (Wildman–Crippen MR) is 78.3 cm³/mol. The van der Waals surface area contributed by atoms with Gasteiger partial charge < -0.3 is 15.6 Å². The van der Waals surface area contributed by atoms with Gasteiger partial charge in [-0.2, -0.15) is 13.2 Å². The number of rotatable bonds is 2. The van der Waals surface area contributed by atoms with Crippen LogP contribution in [-0.4, -0.2) is 15.9 Å². The van der Waals surface area contributed by atoms with E-state index >= 15 is 0 Å². The second-order valence-electron chi connectivity index (χ2n) is 5.00. The van der Waals surface area contributed by atoms with Crippen LogP contribution in [0.1, 0.15) is 11.4 Å². The van der Waals surface area contributed by atoms with Crippen molar-refractivity contribution in [1.29, 1.82) is 0 Å². The highest BCUT2D eigenvalue weighted by molar-refractivity contribution is 5.61. The van der Waals surface area contributed by atoms with Crippen molar-refractivity contribution < 1.29 is 13.2 Å². The monoisotopic (exact) mass is 322 g/mol. The van der Waals surface area contributed by atoms with Crippen molar-refractivity contribution in [2.45, 2.75) is 11.8 Å². The van der Waals surface area contributed by atoms with E-state index < -0.39 is 17.4 Å². The minimum atomic E-state index is -4.44. The van der Waals surface area contributed by atoms with Gasteiger partial charge in [-0.05, 0) is 18.2 Å². The molecule has 1 aliphatic rings. The summed E-state index contributed by atoms with van der Waals surface area (Å²) in [6, 6.07) is 4.87. The maximum absolute atomic E-state index is 12.9. The number of aliphatic imine (C=N–C) groups is 1. The molecule has 6 nitrogen and oxygen atoms in total. The zero-order chi connectivity index (χ0) is 16.7. The van der Waals surface area contributed by atoms with Gasteiger partial charge in [-0.3, -0.25) is 5.73 Å². The molecule has 0 fully saturated rings. The fourth-order valence-electron chi connectivity index (χ4n) is 2.29. The lowest BCUT2D eigenvalue weighted by atomic mass is 10.1. The number of benzene rings is 1. The number of halogens is 3. The molecule has 0 saturated heterocycles. The second-order valence-corrected chi connectivity index (χ2v) is 5.00. The minimum absolute atomic E-state index is 0.248. The first kappa shape index (κ1) is 15.1. The van der Waals surface area contributed by atoms with E-state index in [9.17, 15) is 13.2 Å². The van der Waals surface area contributed by atoms with Crippen LogP contribution >= 0.6 is 0 Å². The van der Waals surface area contributed by atoms with E-state index in [-0.39, 0.29) is 17.3 Å². The van der Waals surface area contributed by atoms with Crippen LogP contribution in [0.25, 0.3) is 5.69 Å². The van der Waals surface area contributed by atoms with Gasteiger partial charge in [0.15, 0.2) is 11.5 Å². The third-order valence-electron chi connectivity index (χ3n) is 3.34. The smallest absolute Gasteiger partial charge is 0.385 e. The van der Waals surface area contributed by atoms with Gasteiger partial charge in [-0.15, -0.1) is 0 Å². The number of alkyl halides is 3. The highest BCUT2D eigenvalue weighted by atomic mass is 19.4. The highest BCUT2D eigenvalue weighted by Crippen LogP contribution is 2.31. The Kier molecular flexibility index (Phi) is 3.37. The molecule has 0 spiro atoms. The summed E-state index contributed by atoms with van der Waals surface area (Å²) in [5, 5.41) is 2.67. The number of nitrogens with one attached hydrogen (secondary N) is 1. The zero-order valence-electron chi connectivity index (χ0n) is 11.7. The number of imidazole rings is 1. The average molecular weight is 322 g/mol. The summed E-state index contributed by atoms with van der Waals surface area (Å²) in [5.74, 6) is 0.526. The van der Waals surface area contributed by atoms with Crippen molar-refractivity contribution in [3.8, 4) is 5.69 Å². The summed E-state index contributed by atoms with van der Waals surface area (Å²) in [4.78, 5) is 8.22. The normalized spacial score (nSPS) is 21.0. The SMILES string of the molecule is NC1=CC(N)(c2nccn2-c2cccc(C(F)(F)F)c2)N=CN1. The van der Waals surface area contributed by atoms with E-state index in [1.54, 1.807) is 0 Å². The van der Waals surface area contributed by atoms with Gasteiger partial charge in [0.2, 0.25) is 0 Å². The summed E-state index contributed by atoms with van der Waals surface area (Å²) in [7, 11) is 0. The predicted octanol–water partition coefficient (Wildman–Crippen LogP) is 1.43. The Balaban J connectivity index is 2.09. The first-order valence-electron chi connectivity index (χ1n) is 6.58. The lowest BCUT2D eigenvalue weighted by Gasteiger charge is -2.25. The van der Waals surface area contributed by atoms with Gasteiger partial charge in [-0.1, -0.05) is 6.07 Å². The van der Waals surface area contributed by atoms with Crippen molar-refractivity contribution in [3.63, 3.8) is 0 Å². The molecule has 120 valence electrons. The summed E-state index contributed by atoms with van der Waals surface area (Å²) in [6.07, 6.45) is 1.28. The second kappa shape index (κ2) is 5.13. The van der Waals surface area contributed by atoms with E-state index in [2.05, 4.69) is 15.3 Å². The molecule has 9 heteroatoms. The molecule has 0 bridgehead atoms. The summed E-state index contributed by atoms with van der Waals surface area (Å²) < 4.78 is 40.1. The molecule has 2 aromatic rings. The largest absolute Gasteiger partial charge is 0.416 e. The number of hydrogen-bond donors (Lipinski definition) is 3. The Hall–Kier alpha value is -2.81. The maximum Gasteiger partial charge on any atom is 0.416 e. The molecule has 0 radical (unpaired) electrons. The molecule has 3 rings (SSSR count). The molecule has 1 aromatic carbocycles. The molecule has 0 amide bonds. The Morgan fingerprint density at radius 2 is 2.04 bits per heavy atom. The Bertz CT molecular complexity index is 792. The van der Waals surface area contributed by atoms with Gasteiger partial charge >= 0.3 is 6.18 Å². The van der Waals surface area contributed by atoms with Crippen LogP contribution in [0.15, 0.2) is 53.5 Å². The molecule has 1 aromatic heterocycles. The van der Waals surface area contributed by atoms with Crippen LogP contribution in [0.5, 0.6) is 0 Å². The molecule has 1 atom stereocenters. The van der Waals surface area contributed by atoms with E-state index in [1.807, 2.05) is 0 Å². The van der Waals surface area contributed by atoms with Crippen LogP contribution < -0.4 is 16.8 Å². The summed E-state index contributed by atoms with van der Waals surface area (Å²) in [6.45, 7) is 0. The number of aromatic nitrogens is 2. The van der Waals surface area contributed by atoms with Crippen LogP contribution in [0.2, 0.25) is 0 Å². The summed E-state index contributed by atoms with van der Waals surface area (Å²) in [5.41, 5.74) is 10.0. The van der Waals surface area contributed by atoms with Gasteiger partial charge in [-0.25, -0.2) is 9.98 Å². The van der Waals surface area contributed by atoms with Crippen molar-refractivity contribution in [2.24, 2.45) is 16.5 Å². The Morgan fingerprint density at radius 1 is 1.26 bits per heavy atom. The molecule has 0 aliphatic carbocycles. The van der Waals surface area contributed by atoms with Gasteiger partial charge in [0.25, 0.3) is 0 Å². The molecule has 1 aliphatic heterocycles. The summed E-state index contributed by atoms with van der Waals surface area (Å²) >= 11 is 0. The van der Waals surface area contributed by atoms with Crippen molar-refractivity contribution in [3.05, 3.63) is 59.9 Å². The topological polar surface area (TPSA) is 94.3 Å². The van der Waals surface area contributed by atoms with E-state index in [4.69, 9.17) is 11.5 Å². The molecular weight excluding hydrogens is 309 g/mol. The van der Waals surface area contributed by atoms with Crippen LogP contribution in [0, 0.1) is 0 Å². The molecule has 23 heavy (non-hydrogen) atoms. The zero-order valence-corrected chi connectivity index (χ0v) is 11.7. The first-order chi connectivity index (χ1) is 10.8. The first-order valence-corrected chi connectivity index (χ1v) is 6.58. The third-order valence-corrected chi connectivity index (χ3v) is 3.34. The van der Waals surface area contributed by atoms with Crippen LogP contribution in [0.3, 0.4) is 0 Å². The number of hydrogen-bond acceptors (Lipinski definition) is 5. The fourth-order valence-corrected chi connectivity index (χ4v) is 2.29. The van der Waals surface area contributed by atoms with Gasteiger partial charge in [0, 0.05) is 24.2 Å². The van der Waals surface area contributed by atoms with Gasteiger partial charge in [0.05, 0.1) is 11.9 Å². The highest BCUT2D eigenvalue weighted by Gasteiger charge is 2.33. The standard InChI is InChI=1S/C14H13F3N6/c15-14(16,17)9-2-1-3-10(6-9)23-5-4-20-12(23)13(19)7-11(18)21-8-22-13/h1-8H,18-19H2,(H,21,22). The minimum Gasteiger partial charge on any atom is -0.385 e. The quantitative estimate of drug-likeness (QED) is 0.780. The van der Waals surface area contributed by atoms with E-state index in [1.165, 1.54) is 41.5 Å². The lowest BCUT2D eigenvalue weighted by Crippen LogP contribution is -2.41. The van der Waals surface area contributed by atoms with Crippen LogP contribution in [0.4, 0.5) is 13.2 Å². The molecule has 1 unspecified atom stereocenters. The van der Waals surface area contributed by atoms with Gasteiger partial charge in [0.1, 0.15) is 5.82 Å². The van der Waals surface area contributed by atoms with Crippen molar-refractivity contribution in [1.82, 2.24) is 14.9 Å². The van der Waals surface area contributed by atoms with Crippen molar-refractivity contribution >= 4 is 6.34 Å². The van der Waals surface area contributed by atoms with Crippen molar-refractivity contribution in [2.75, 3.05) is 0 Å². The molecule has 2 heterocycles. The Labute approximate surface area is 129 Å². The average Bonchev–Trinajstić information content (AvgIpc) is 2.96. The molecule has 0 saturated carbocycles. The molecule has 5 N–H and O–H groups in total. The van der Waals surface area contributed by atoms with Crippen LogP contribution in [-0.2, 0) is 11.8 Å². The third kappa shape index (κ3) is 2.78. The Morgan fingerprint density at radius 3 is 2.74 bits per heavy atom. The van der Waals surface area contributed by atoms with E-state index in [0.29, 0.717) is 0 Å². The van der Waals surface area contributed by atoms with E-state index in [0.717, 1.165) is 12.1 Å². The maximum atomic E-state index is 12.9.